The fourth-order valence-electron chi connectivity index (χ4n) is 3.84. The molecule has 1 heterocycles. The Bertz CT molecular complexity index is 940. The Morgan fingerprint density at radius 3 is 2.61 bits per heavy atom. The standard InChI is InChI=1S/C23H24N4O/c1-16-13-14-22(27-26-16)24-19-10-5-9-18(15-19)23(28)25-21-12-6-11-20(21)17-7-3-2-4-8-17/h2-5,7-10,13-15,20-21H,6,11-12H2,1H3,(H,24,27)(H,25,28). The van der Waals surface area contributed by atoms with Gasteiger partial charge in [-0.3, -0.25) is 4.79 Å². The first-order valence-corrected chi connectivity index (χ1v) is 9.72. The average Bonchev–Trinajstić information content (AvgIpc) is 3.19. The Labute approximate surface area is 165 Å². The van der Waals surface area contributed by atoms with E-state index in [1.807, 2.05) is 49.4 Å². The molecule has 1 aromatic heterocycles. The highest BCUT2D eigenvalue weighted by molar-refractivity contribution is 5.95. The van der Waals surface area contributed by atoms with Crippen LogP contribution < -0.4 is 10.6 Å². The van der Waals surface area contributed by atoms with Gasteiger partial charge in [0.2, 0.25) is 0 Å². The number of carbonyl (C=O) groups excluding carboxylic acids is 1. The smallest absolute Gasteiger partial charge is 0.251 e. The normalized spacial score (nSPS) is 18.6. The zero-order valence-corrected chi connectivity index (χ0v) is 15.9. The quantitative estimate of drug-likeness (QED) is 0.687. The molecule has 5 heteroatoms. The maximum absolute atomic E-state index is 12.9. The Kier molecular flexibility index (Phi) is 5.33. The second kappa shape index (κ2) is 8.21. The molecule has 0 spiro atoms. The molecule has 142 valence electrons. The van der Waals surface area contributed by atoms with E-state index in [1.54, 1.807) is 0 Å². The summed E-state index contributed by atoms with van der Waals surface area (Å²) in [5.74, 6) is 1.00. The summed E-state index contributed by atoms with van der Waals surface area (Å²) in [5, 5.41) is 14.6. The third-order valence-electron chi connectivity index (χ3n) is 5.26. The van der Waals surface area contributed by atoms with Crippen molar-refractivity contribution in [2.24, 2.45) is 0 Å². The molecule has 1 amide bonds. The van der Waals surface area contributed by atoms with Crippen LogP contribution in [0.1, 0.15) is 46.8 Å². The maximum Gasteiger partial charge on any atom is 0.251 e. The zero-order valence-electron chi connectivity index (χ0n) is 15.9. The minimum Gasteiger partial charge on any atom is -0.349 e. The molecule has 1 saturated carbocycles. The lowest BCUT2D eigenvalue weighted by molar-refractivity contribution is 0.0934. The molecule has 0 bridgehead atoms. The van der Waals surface area contributed by atoms with Crippen molar-refractivity contribution in [2.45, 2.75) is 38.1 Å². The van der Waals surface area contributed by atoms with Crippen LogP contribution >= 0.6 is 0 Å². The summed E-state index contributed by atoms with van der Waals surface area (Å²) in [5.41, 5.74) is 3.63. The molecule has 2 N–H and O–H groups in total. The lowest BCUT2D eigenvalue weighted by atomic mass is 9.94. The molecule has 1 fully saturated rings. The van der Waals surface area contributed by atoms with Crippen molar-refractivity contribution in [3.05, 3.63) is 83.6 Å². The number of hydrogen-bond acceptors (Lipinski definition) is 4. The molecule has 28 heavy (non-hydrogen) atoms. The van der Waals surface area contributed by atoms with Crippen molar-refractivity contribution in [3.8, 4) is 0 Å². The molecule has 0 saturated heterocycles. The molecule has 1 aliphatic carbocycles. The minimum atomic E-state index is -0.0357. The first-order valence-electron chi connectivity index (χ1n) is 9.72. The van der Waals surface area contributed by atoms with E-state index in [1.165, 1.54) is 5.56 Å². The maximum atomic E-state index is 12.9. The molecule has 1 aliphatic rings. The number of benzene rings is 2. The van der Waals surface area contributed by atoms with E-state index < -0.39 is 0 Å². The van der Waals surface area contributed by atoms with E-state index in [0.29, 0.717) is 17.3 Å². The lowest BCUT2D eigenvalue weighted by Gasteiger charge is -2.21. The van der Waals surface area contributed by atoms with Crippen molar-refractivity contribution < 1.29 is 4.79 Å². The Hall–Kier alpha value is -3.21. The molecule has 2 aromatic carbocycles. The van der Waals surface area contributed by atoms with Gasteiger partial charge in [-0.15, -0.1) is 5.10 Å². The van der Waals surface area contributed by atoms with Gasteiger partial charge in [0.1, 0.15) is 0 Å². The second-order valence-electron chi connectivity index (χ2n) is 7.29. The van der Waals surface area contributed by atoms with Crippen LogP contribution in [-0.2, 0) is 0 Å². The van der Waals surface area contributed by atoms with E-state index >= 15 is 0 Å². The third-order valence-corrected chi connectivity index (χ3v) is 5.26. The van der Waals surface area contributed by atoms with Gasteiger partial charge in [0, 0.05) is 23.2 Å². The Morgan fingerprint density at radius 2 is 1.82 bits per heavy atom. The van der Waals surface area contributed by atoms with E-state index in [9.17, 15) is 4.79 Å². The summed E-state index contributed by atoms with van der Waals surface area (Å²) in [7, 11) is 0. The van der Waals surface area contributed by atoms with Crippen molar-refractivity contribution >= 4 is 17.4 Å². The minimum absolute atomic E-state index is 0.0357. The van der Waals surface area contributed by atoms with Crippen LogP contribution in [0.2, 0.25) is 0 Å². The summed E-state index contributed by atoms with van der Waals surface area (Å²) in [6.07, 6.45) is 3.27. The van der Waals surface area contributed by atoms with Crippen molar-refractivity contribution in [2.75, 3.05) is 5.32 Å². The van der Waals surface area contributed by atoms with Gasteiger partial charge < -0.3 is 10.6 Å². The molecule has 2 unspecified atom stereocenters. The SMILES string of the molecule is Cc1ccc(Nc2cccc(C(=O)NC3CCCC3c3ccccc3)c2)nn1. The van der Waals surface area contributed by atoms with Gasteiger partial charge in [0.05, 0.1) is 5.69 Å². The summed E-state index contributed by atoms with van der Waals surface area (Å²) in [6, 6.07) is 21.9. The van der Waals surface area contributed by atoms with Crippen LogP contribution in [-0.4, -0.2) is 22.1 Å². The number of nitrogens with one attached hydrogen (secondary N) is 2. The fraction of sp³-hybridized carbons (Fsp3) is 0.261. The van der Waals surface area contributed by atoms with Gasteiger partial charge >= 0.3 is 0 Å². The second-order valence-corrected chi connectivity index (χ2v) is 7.29. The van der Waals surface area contributed by atoms with Crippen molar-refractivity contribution in [1.82, 2.24) is 15.5 Å². The van der Waals surface area contributed by atoms with Gasteiger partial charge in [-0.2, -0.15) is 5.10 Å². The number of nitrogens with zero attached hydrogens (tertiary/aromatic N) is 2. The van der Waals surface area contributed by atoms with Crippen molar-refractivity contribution in [3.63, 3.8) is 0 Å². The first kappa shape index (κ1) is 18.2. The molecule has 0 radical (unpaired) electrons. The van der Waals surface area contributed by atoms with Gasteiger partial charge in [-0.05, 0) is 55.7 Å². The van der Waals surface area contributed by atoms with E-state index in [0.717, 1.165) is 30.6 Å². The number of aromatic nitrogens is 2. The largest absolute Gasteiger partial charge is 0.349 e. The zero-order chi connectivity index (χ0) is 19.3. The summed E-state index contributed by atoms with van der Waals surface area (Å²) in [4.78, 5) is 12.9. The van der Waals surface area contributed by atoms with Gasteiger partial charge in [0.25, 0.3) is 5.91 Å². The van der Waals surface area contributed by atoms with Gasteiger partial charge in [0.15, 0.2) is 5.82 Å². The number of amides is 1. The molecular formula is C23H24N4O. The van der Waals surface area contributed by atoms with Gasteiger partial charge in [-0.1, -0.05) is 42.8 Å². The molecular weight excluding hydrogens is 348 g/mol. The summed E-state index contributed by atoms with van der Waals surface area (Å²) >= 11 is 0. The summed E-state index contributed by atoms with van der Waals surface area (Å²) < 4.78 is 0. The Balaban J connectivity index is 1.45. The first-order chi connectivity index (χ1) is 13.7. The van der Waals surface area contributed by atoms with Crippen LogP contribution in [0.3, 0.4) is 0 Å². The number of rotatable bonds is 5. The Morgan fingerprint density at radius 1 is 0.964 bits per heavy atom. The summed E-state index contributed by atoms with van der Waals surface area (Å²) in [6.45, 7) is 1.90. The number of aryl methyl sites for hydroxylation is 1. The monoisotopic (exact) mass is 372 g/mol. The van der Waals surface area contributed by atoms with Crippen LogP contribution in [0, 0.1) is 6.92 Å². The van der Waals surface area contributed by atoms with Gasteiger partial charge in [-0.25, -0.2) is 0 Å². The highest BCUT2D eigenvalue weighted by Gasteiger charge is 2.29. The fourth-order valence-corrected chi connectivity index (χ4v) is 3.84. The van der Waals surface area contributed by atoms with Crippen LogP contribution in [0.5, 0.6) is 0 Å². The molecule has 3 aromatic rings. The topological polar surface area (TPSA) is 66.9 Å². The highest BCUT2D eigenvalue weighted by atomic mass is 16.1. The van der Waals surface area contributed by atoms with Crippen LogP contribution in [0.15, 0.2) is 66.7 Å². The molecule has 5 nitrogen and oxygen atoms in total. The highest BCUT2D eigenvalue weighted by Crippen LogP contribution is 2.34. The van der Waals surface area contributed by atoms with E-state index in [2.05, 4.69) is 45.1 Å². The average molecular weight is 372 g/mol. The number of anilines is 2. The number of hydrogen-bond donors (Lipinski definition) is 2. The predicted octanol–water partition coefficient (Wildman–Crippen LogP) is 4.59. The van der Waals surface area contributed by atoms with Crippen molar-refractivity contribution in [1.29, 1.82) is 0 Å². The van der Waals surface area contributed by atoms with E-state index in [-0.39, 0.29) is 11.9 Å². The molecule has 2 atom stereocenters. The number of carbonyl (C=O) groups is 1. The molecule has 0 aliphatic heterocycles. The van der Waals surface area contributed by atoms with E-state index in [4.69, 9.17) is 0 Å². The third kappa shape index (κ3) is 4.19. The molecule has 4 rings (SSSR count). The van der Waals surface area contributed by atoms with Crippen LogP contribution in [0.25, 0.3) is 0 Å². The predicted molar refractivity (Wildman–Crippen MR) is 111 cm³/mol. The van der Waals surface area contributed by atoms with Crippen LogP contribution in [0.4, 0.5) is 11.5 Å². The lowest BCUT2D eigenvalue weighted by Crippen LogP contribution is -2.36.